The van der Waals surface area contributed by atoms with E-state index in [2.05, 4.69) is 5.32 Å². The van der Waals surface area contributed by atoms with E-state index in [9.17, 15) is 22.4 Å². The molecule has 0 aliphatic rings. The molecule has 0 saturated heterocycles. The van der Waals surface area contributed by atoms with Crippen molar-refractivity contribution in [3.05, 3.63) is 78.1 Å². The van der Waals surface area contributed by atoms with Crippen LogP contribution in [0.25, 0.3) is 0 Å². The Labute approximate surface area is 258 Å². The molecule has 12 heteroatoms. The summed E-state index contributed by atoms with van der Waals surface area (Å²) in [6.45, 7) is 4.96. The lowest BCUT2D eigenvalue weighted by Gasteiger charge is -2.33. The van der Waals surface area contributed by atoms with Crippen LogP contribution >= 0.6 is 0 Å². The molecule has 0 aliphatic heterocycles. The van der Waals surface area contributed by atoms with Crippen LogP contribution in [0.1, 0.15) is 39.2 Å². The number of anilines is 1. The number of hydrogen-bond acceptors (Lipinski definition) is 7. The van der Waals surface area contributed by atoms with Gasteiger partial charge in [0.1, 0.15) is 24.2 Å². The van der Waals surface area contributed by atoms with Crippen molar-refractivity contribution in [3.8, 4) is 17.2 Å². The van der Waals surface area contributed by atoms with Crippen LogP contribution in [-0.4, -0.2) is 65.1 Å². The molecule has 0 spiro atoms. The van der Waals surface area contributed by atoms with Gasteiger partial charge in [-0.1, -0.05) is 26.0 Å². The average Bonchev–Trinajstić information content (AvgIpc) is 3.03. The summed E-state index contributed by atoms with van der Waals surface area (Å²) < 4.78 is 58.8. The van der Waals surface area contributed by atoms with Crippen LogP contribution in [0.2, 0.25) is 0 Å². The van der Waals surface area contributed by atoms with Crippen molar-refractivity contribution in [1.29, 1.82) is 0 Å². The standard InChI is InChI=1S/C32H40FN3O7S/c1-7-22(3)34-32(38)28(8-2)35(20-23-9-15-26(41-4)16-10-23)31(37)21-36(25-13-11-24(33)12-14-25)44(39,40)27-17-18-29(42-5)30(19-27)43-6/h9-19,22,28H,7-8,20-21H2,1-6H3,(H,34,38). The molecule has 0 radical (unpaired) electrons. The Bertz CT molecular complexity index is 1520. The molecule has 0 aliphatic carbocycles. The van der Waals surface area contributed by atoms with E-state index in [0.29, 0.717) is 23.5 Å². The smallest absolute Gasteiger partial charge is 0.264 e. The van der Waals surface area contributed by atoms with Crippen LogP contribution in [0.4, 0.5) is 10.1 Å². The number of carbonyl (C=O) groups is 2. The van der Waals surface area contributed by atoms with E-state index in [1.165, 1.54) is 49.5 Å². The predicted molar refractivity (Wildman–Crippen MR) is 166 cm³/mol. The van der Waals surface area contributed by atoms with Gasteiger partial charge in [-0.25, -0.2) is 12.8 Å². The van der Waals surface area contributed by atoms with Gasteiger partial charge in [-0.3, -0.25) is 13.9 Å². The summed E-state index contributed by atoms with van der Waals surface area (Å²) in [6, 6.07) is 14.9. The number of sulfonamides is 1. The van der Waals surface area contributed by atoms with Crippen LogP contribution in [0, 0.1) is 5.82 Å². The van der Waals surface area contributed by atoms with E-state index >= 15 is 0 Å². The van der Waals surface area contributed by atoms with Gasteiger partial charge in [0.2, 0.25) is 11.8 Å². The first-order chi connectivity index (χ1) is 21.0. The molecule has 3 rings (SSSR count). The molecule has 3 aromatic rings. The van der Waals surface area contributed by atoms with Gasteiger partial charge in [-0.2, -0.15) is 0 Å². The van der Waals surface area contributed by atoms with Gasteiger partial charge < -0.3 is 24.4 Å². The summed E-state index contributed by atoms with van der Waals surface area (Å²) in [4.78, 5) is 28.8. The monoisotopic (exact) mass is 629 g/mol. The SMILES string of the molecule is CCC(C)NC(=O)C(CC)N(Cc1ccc(OC)cc1)C(=O)CN(c1ccc(F)cc1)S(=O)(=O)c1ccc(OC)c(OC)c1. The van der Waals surface area contributed by atoms with Crippen LogP contribution in [0.3, 0.4) is 0 Å². The molecule has 238 valence electrons. The van der Waals surface area contributed by atoms with Crippen molar-refractivity contribution < 1.29 is 36.6 Å². The molecule has 0 bridgehead atoms. The molecule has 2 unspecified atom stereocenters. The molecule has 44 heavy (non-hydrogen) atoms. The summed E-state index contributed by atoms with van der Waals surface area (Å²) in [5, 5.41) is 2.94. The van der Waals surface area contributed by atoms with E-state index in [-0.39, 0.29) is 41.2 Å². The second kappa shape index (κ2) is 15.4. The second-order valence-corrected chi connectivity index (χ2v) is 12.0. The van der Waals surface area contributed by atoms with Crippen molar-refractivity contribution >= 4 is 27.5 Å². The highest BCUT2D eigenvalue weighted by Crippen LogP contribution is 2.32. The third-order valence-electron chi connectivity index (χ3n) is 7.24. The van der Waals surface area contributed by atoms with Gasteiger partial charge in [0.15, 0.2) is 11.5 Å². The van der Waals surface area contributed by atoms with Gasteiger partial charge >= 0.3 is 0 Å². The molecular formula is C32H40FN3O7S. The highest BCUT2D eigenvalue weighted by Gasteiger charge is 2.34. The Morgan fingerprint density at radius 1 is 0.864 bits per heavy atom. The lowest BCUT2D eigenvalue weighted by Crippen LogP contribution is -2.53. The molecule has 3 aromatic carbocycles. The van der Waals surface area contributed by atoms with Crippen molar-refractivity contribution in [2.24, 2.45) is 0 Å². The quantitative estimate of drug-likeness (QED) is 0.258. The van der Waals surface area contributed by atoms with Gasteiger partial charge in [0.25, 0.3) is 10.0 Å². The molecule has 0 fully saturated rings. The lowest BCUT2D eigenvalue weighted by atomic mass is 10.1. The number of nitrogens with zero attached hydrogens (tertiary/aromatic N) is 2. The summed E-state index contributed by atoms with van der Waals surface area (Å²) in [5.41, 5.74) is 0.779. The largest absolute Gasteiger partial charge is 0.497 e. The van der Waals surface area contributed by atoms with Gasteiger partial charge in [0.05, 0.1) is 31.9 Å². The molecule has 0 saturated carbocycles. The van der Waals surface area contributed by atoms with Crippen LogP contribution < -0.4 is 23.8 Å². The average molecular weight is 630 g/mol. The number of rotatable bonds is 15. The van der Waals surface area contributed by atoms with Crippen LogP contribution in [-0.2, 0) is 26.2 Å². The topological polar surface area (TPSA) is 114 Å². The first kappa shape index (κ1) is 34.2. The number of halogens is 1. The summed E-state index contributed by atoms with van der Waals surface area (Å²) in [6.07, 6.45) is 0.972. The Morgan fingerprint density at radius 3 is 2.05 bits per heavy atom. The van der Waals surface area contributed by atoms with Crippen molar-refractivity contribution in [1.82, 2.24) is 10.2 Å². The van der Waals surface area contributed by atoms with E-state index in [1.807, 2.05) is 13.8 Å². The van der Waals surface area contributed by atoms with Crippen molar-refractivity contribution in [2.75, 3.05) is 32.2 Å². The van der Waals surface area contributed by atoms with Gasteiger partial charge in [-0.15, -0.1) is 0 Å². The summed E-state index contributed by atoms with van der Waals surface area (Å²) >= 11 is 0. The third kappa shape index (κ3) is 8.19. The maximum Gasteiger partial charge on any atom is 0.264 e. The zero-order valence-corrected chi connectivity index (χ0v) is 26.7. The maximum atomic E-state index is 14.2. The minimum Gasteiger partial charge on any atom is -0.497 e. The molecule has 2 atom stereocenters. The third-order valence-corrected chi connectivity index (χ3v) is 9.01. The number of benzene rings is 3. The first-order valence-electron chi connectivity index (χ1n) is 14.2. The fourth-order valence-electron chi connectivity index (χ4n) is 4.53. The number of amides is 2. The maximum absolute atomic E-state index is 14.2. The van der Waals surface area contributed by atoms with E-state index in [0.717, 1.165) is 16.4 Å². The second-order valence-electron chi connectivity index (χ2n) is 10.1. The van der Waals surface area contributed by atoms with Crippen molar-refractivity contribution in [3.63, 3.8) is 0 Å². The minimum absolute atomic E-state index is 0.0307. The fourth-order valence-corrected chi connectivity index (χ4v) is 5.96. The Hall–Kier alpha value is -4.32. The number of hydrogen-bond donors (Lipinski definition) is 1. The molecular weight excluding hydrogens is 589 g/mol. The van der Waals surface area contributed by atoms with Gasteiger partial charge in [0, 0.05) is 18.7 Å². The summed E-state index contributed by atoms with van der Waals surface area (Å²) in [5.74, 6) is -0.429. The Balaban J connectivity index is 2.09. The molecule has 10 nitrogen and oxygen atoms in total. The zero-order valence-electron chi connectivity index (χ0n) is 25.9. The fraction of sp³-hybridized carbons (Fsp3) is 0.375. The van der Waals surface area contributed by atoms with E-state index in [1.54, 1.807) is 38.3 Å². The Kier molecular flexibility index (Phi) is 12.0. The molecule has 1 N–H and O–H groups in total. The normalized spacial score (nSPS) is 12.5. The van der Waals surface area contributed by atoms with E-state index < -0.39 is 34.3 Å². The molecule has 0 heterocycles. The summed E-state index contributed by atoms with van der Waals surface area (Å²) in [7, 11) is -0.0562. The van der Waals surface area contributed by atoms with Crippen LogP contribution in [0.15, 0.2) is 71.6 Å². The first-order valence-corrected chi connectivity index (χ1v) is 15.7. The number of ether oxygens (including phenoxy) is 3. The van der Waals surface area contributed by atoms with Crippen LogP contribution in [0.5, 0.6) is 17.2 Å². The number of nitrogens with one attached hydrogen (secondary N) is 1. The zero-order chi connectivity index (χ0) is 32.4. The van der Waals surface area contributed by atoms with Gasteiger partial charge in [-0.05, 0) is 73.9 Å². The van der Waals surface area contributed by atoms with Crippen molar-refractivity contribution in [2.45, 2.75) is 57.1 Å². The minimum atomic E-state index is -4.40. The highest BCUT2D eigenvalue weighted by atomic mass is 32.2. The molecule has 0 aromatic heterocycles. The predicted octanol–water partition coefficient (Wildman–Crippen LogP) is 4.77. The molecule has 2 amide bonds. The highest BCUT2D eigenvalue weighted by molar-refractivity contribution is 7.92. The number of carbonyl (C=O) groups excluding carboxylic acids is 2. The lowest BCUT2D eigenvalue weighted by molar-refractivity contribution is -0.140. The Morgan fingerprint density at radius 2 is 1.50 bits per heavy atom. The number of methoxy groups -OCH3 is 3. The van der Waals surface area contributed by atoms with E-state index in [4.69, 9.17) is 14.2 Å².